The van der Waals surface area contributed by atoms with E-state index in [0.717, 1.165) is 103 Å². The van der Waals surface area contributed by atoms with Crippen molar-refractivity contribution in [1.29, 1.82) is 0 Å². The molecule has 62 heavy (non-hydrogen) atoms. The van der Waals surface area contributed by atoms with Crippen LogP contribution in [0, 0.1) is 0 Å². The van der Waals surface area contributed by atoms with Crippen LogP contribution < -0.4 is 18.9 Å². The van der Waals surface area contributed by atoms with Crippen LogP contribution in [0.3, 0.4) is 0 Å². The van der Waals surface area contributed by atoms with Crippen molar-refractivity contribution in [1.82, 2.24) is 0 Å². The number of hydrogen-bond acceptors (Lipinski definition) is 7. The standard InChI is InChI=1S/C55H58O7/c1-7-25-61-50-19-9-39(10-20-50)27-47(35-56)37(3)54(43-15-13-41-17-23-52(59-5)31-45(41)29-43)33-49(58)34-55(44-16-14-42-18-24-53(60-6)32-46(42)30-44)38(4)48(36-57)28-40-11-21-51(22-12-40)62-26-8-2/h9-24,29-32,35-36,54-55H,7-8,25-28,33-34H2,1-6H3. The molecule has 6 aromatic rings. The molecule has 0 aliphatic rings. The number of ketones is 1. The van der Waals surface area contributed by atoms with Gasteiger partial charge in [-0.1, -0.05) is 97.8 Å². The number of Topliss-reactive ketones (excluding diaryl/α,β-unsaturated/α-hetero) is 1. The first-order valence-corrected chi connectivity index (χ1v) is 21.6. The quantitative estimate of drug-likeness (QED) is 0.0497. The van der Waals surface area contributed by atoms with Gasteiger partial charge in [0.15, 0.2) is 0 Å². The fraction of sp³-hybridized carbons (Fsp3) is 0.291. The minimum absolute atomic E-state index is 0.0144. The molecule has 0 saturated heterocycles. The molecule has 0 heterocycles. The first-order valence-electron chi connectivity index (χ1n) is 21.6. The topological polar surface area (TPSA) is 88.1 Å². The Morgan fingerprint density at radius 1 is 0.500 bits per heavy atom. The van der Waals surface area contributed by atoms with Crippen LogP contribution in [0.2, 0.25) is 0 Å². The Bertz CT molecular complexity index is 2370. The van der Waals surface area contributed by atoms with E-state index in [1.165, 1.54) is 0 Å². The van der Waals surface area contributed by atoms with Gasteiger partial charge >= 0.3 is 0 Å². The second-order valence-electron chi connectivity index (χ2n) is 16.0. The molecule has 0 aliphatic carbocycles. The zero-order chi connectivity index (χ0) is 44.0. The highest BCUT2D eigenvalue weighted by molar-refractivity contribution is 5.88. The molecule has 0 aliphatic heterocycles. The Morgan fingerprint density at radius 2 is 0.871 bits per heavy atom. The monoisotopic (exact) mass is 830 g/mol. The van der Waals surface area contributed by atoms with Crippen molar-refractivity contribution in [2.45, 2.75) is 78.1 Å². The van der Waals surface area contributed by atoms with E-state index in [2.05, 4.69) is 50.2 Å². The van der Waals surface area contributed by atoms with Gasteiger partial charge in [0.1, 0.15) is 41.4 Å². The third-order valence-corrected chi connectivity index (χ3v) is 11.7. The van der Waals surface area contributed by atoms with E-state index in [1.54, 1.807) is 14.2 Å². The number of aldehydes is 2. The Kier molecular flexibility index (Phi) is 15.9. The molecule has 0 aromatic heterocycles. The van der Waals surface area contributed by atoms with Crippen LogP contribution in [-0.4, -0.2) is 45.8 Å². The number of benzene rings is 6. The first kappa shape index (κ1) is 45.1. The summed E-state index contributed by atoms with van der Waals surface area (Å²) in [6.07, 6.45) is 4.82. The maximum atomic E-state index is 14.8. The summed E-state index contributed by atoms with van der Waals surface area (Å²) in [5.74, 6) is 2.27. The van der Waals surface area contributed by atoms with Crippen LogP contribution in [0.4, 0.5) is 0 Å². The number of allylic oxidation sites excluding steroid dienone is 4. The SMILES string of the molecule is CCCOc1ccc(CC(C=O)=C(C)C(CC(=O)CC(C(C)=C(C=O)Cc2ccc(OCCC)cc2)c2ccc3ccc(OC)cc3c2)c2ccc3ccc(OC)cc3c2)cc1. The molecule has 2 atom stereocenters. The lowest BCUT2D eigenvalue weighted by molar-refractivity contribution is -0.119. The van der Waals surface area contributed by atoms with E-state index in [0.29, 0.717) is 37.2 Å². The molecule has 7 heteroatoms. The zero-order valence-electron chi connectivity index (χ0n) is 36.9. The average Bonchev–Trinajstić information content (AvgIpc) is 3.31. The van der Waals surface area contributed by atoms with Gasteiger partial charge in [0.05, 0.1) is 27.4 Å². The van der Waals surface area contributed by atoms with E-state index in [1.807, 2.05) is 98.8 Å². The molecule has 0 spiro atoms. The van der Waals surface area contributed by atoms with Crippen LogP contribution in [-0.2, 0) is 27.2 Å². The summed E-state index contributed by atoms with van der Waals surface area (Å²) in [7, 11) is 3.29. The second kappa shape index (κ2) is 21.9. The number of methoxy groups -OCH3 is 2. The van der Waals surface area contributed by atoms with Gasteiger partial charge in [0.25, 0.3) is 0 Å². The largest absolute Gasteiger partial charge is 0.497 e. The minimum atomic E-state index is -0.393. The number of carbonyl (C=O) groups excluding carboxylic acids is 3. The molecule has 0 amide bonds. The molecular weight excluding hydrogens is 773 g/mol. The van der Waals surface area contributed by atoms with Crippen molar-refractivity contribution in [3.05, 3.63) is 166 Å². The van der Waals surface area contributed by atoms with E-state index < -0.39 is 11.8 Å². The molecule has 0 radical (unpaired) electrons. The fourth-order valence-corrected chi connectivity index (χ4v) is 8.04. The highest BCUT2D eigenvalue weighted by atomic mass is 16.5. The lowest BCUT2D eigenvalue weighted by Crippen LogP contribution is -2.16. The molecule has 0 N–H and O–H groups in total. The number of fused-ring (bicyclic) bond motifs is 2. The van der Waals surface area contributed by atoms with Crippen LogP contribution in [0.1, 0.15) is 87.5 Å². The van der Waals surface area contributed by atoms with Gasteiger partial charge in [-0.2, -0.15) is 0 Å². The van der Waals surface area contributed by atoms with Crippen molar-refractivity contribution in [2.24, 2.45) is 0 Å². The Hall–Kier alpha value is -6.47. The third-order valence-electron chi connectivity index (χ3n) is 11.7. The van der Waals surface area contributed by atoms with Gasteiger partial charge in [-0.3, -0.25) is 14.4 Å². The van der Waals surface area contributed by atoms with Crippen molar-refractivity contribution in [2.75, 3.05) is 27.4 Å². The van der Waals surface area contributed by atoms with Gasteiger partial charge in [-0.05, 0) is 130 Å². The summed E-state index contributed by atoms with van der Waals surface area (Å²) >= 11 is 0. The van der Waals surface area contributed by atoms with E-state index in [9.17, 15) is 14.4 Å². The molecule has 0 saturated carbocycles. The van der Waals surface area contributed by atoms with Gasteiger partial charge < -0.3 is 18.9 Å². The second-order valence-corrected chi connectivity index (χ2v) is 16.0. The van der Waals surface area contributed by atoms with Crippen molar-refractivity contribution in [3.8, 4) is 23.0 Å². The number of rotatable bonds is 22. The van der Waals surface area contributed by atoms with E-state index >= 15 is 0 Å². The normalized spacial score (nSPS) is 13.1. The summed E-state index contributed by atoms with van der Waals surface area (Å²) in [5.41, 5.74) is 6.74. The minimum Gasteiger partial charge on any atom is -0.497 e. The predicted molar refractivity (Wildman–Crippen MR) is 250 cm³/mol. The molecular formula is C55H58O7. The van der Waals surface area contributed by atoms with Gasteiger partial charge in [0, 0.05) is 37.5 Å². The first-order chi connectivity index (χ1) is 30.2. The average molecular weight is 831 g/mol. The van der Waals surface area contributed by atoms with Crippen molar-refractivity contribution < 1.29 is 33.3 Å². The van der Waals surface area contributed by atoms with Gasteiger partial charge in [0.2, 0.25) is 0 Å². The summed E-state index contributed by atoms with van der Waals surface area (Å²) < 4.78 is 22.7. The zero-order valence-corrected chi connectivity index (χ0v) is 36.9. The third kappa shape index (κ3) is 11.5. The van der Waals surface area contributed by atoms with Crippen LogP contribution in [0.15, 0.2) is 144 Å². The summed E-state index contributed by atoms with van der Waals surface area (Å²) in [6.45, 7) is 9.35. The van der Waals surface area contributed by atoms with Crippen molar-refractivity contribution >= 4 is 39.9 Å². The molecule has 320 valence electrons. The molecule has 6 rings (SSSR count). The highest BCUT2D eigenvalue weighted by Crippen LogP contribution is 2.38. The van der Waals surface area contributed by atoms with Crippen molar-refractivity contribution in [3.63, 3.8) is 0 Å². The molecule has 0 fully saturated rings. The number of hydrogen-bond donors (Lipinski definition) is 0. The highest BCUT2D eigenvalue weighted by Gasteiger charge is 2.26. The number of carbonyl (C=O) groups is 3. The smallest absolute Gasteiger partial charge is 0.146 e. The molecule has 6 aromatic carbocycles. The van der Waals surface area contributed by atoms with Gasteiger partial charge in [-0.25, -0.2) is 0 Å². The number of ether oxygens (including phenoxy) is 4. The Morgan fingerprint density at radius 3 is 1.23 bits per heavy atom. The summed E-state index contributed by atoms with van der Waals surface area (Å²) in [4.78, 5) is 40.8. The van der Waals surface area contributed by atoms with Crippen LogP contribution >= 0.6 is 0 Å². The maximum Gasteiger partial charge on any atom is 0.146 e. The fourth-order valence-electron chi connectivity index (χ4n) is 8.04. The van der Waals surface area contributed by atoms with Gasteiger partial charge in [-0.15, -0.1) is 0 Å². The predicted octanol–water partition coefficient (Wildman–Crippen LogP) is 12.3. The summed E-state index contributed by atoms with van der Waals surface area (Å²) in [5, 5.41) is 4.04. The maximum absolute atomic E-state index is 14.8. The Labute approximate surface area is 366 Å². The molecule has 7 nitrogen and oxygen atoms in total. The summed E-state index contributed by atoms with van der Waals surface area (Å²) in [6, 6.07) is 40.0. The van der Waals surface area contributed by atoms with Crippen LogP contribution in [0.25, 0.3) is 21.5 Å². The van der Waals surface area contributed by atoms with E-state index in [4.69, 9.17) is 18.9 Å². The molecule has 0 bridgehead atoms. The van der Waals surface area contributed by atoms with Crippen LogP contribution in [0.5, 0.6) is 23.0 Å². The van der Waals surface area contributed by atoms with E-state index in [-0.39, 0.29) is 18.6 Å². The Balaban J connectivity index is 1.39. The molecule has 2 unspecified atom stereocenters. The lowest BCUT2D eigenvalue weighted by Gasteiger charge is -2.24. The lowest BCUT2D eigenvalue weighted by atomic mass is 9.79.